The van der Waals surface area contributed by atoms with Gasteiger partial charge in [-0.25, -0.2) is 0 Å². The third kappa shape index (κ3) is 4.82. The number of hydrogen-bond acceptors (Lipinski definition) is 6. The molecule has 8 heteroatoms. The smallest absolute Gasteiger partial charge is 0.254 e. The van der Waals surface area contributed by atoms with Gasteiger partial charge in [-0.2, -0.15) is 0 Å². The number of hydrogen-bond donors (Lipinski definition) is 1. The summed E-state index contributed by atoms with van der Waals surface area (Å²) in [5.41, 5.74) is 3.28. The summed E-state index contributed by atoms with van der Waals surface area (Å²) in [5.74, 6) is 2.31. The van der Waals surface area contributed by atoms with E-state index in [-0.39, 0.29) is 35.6 Å². The van der Waals surface area contributed by atoms with Crippen LogP contribution in [0, 0.1) is 31.6 Å². The van der Waals surface area contributed by atoms with Crippen molar-refractivity contribution in [2.45, 2.75) is 91.0 Å². The SMILES string of the molecule is Cc1ccc(-c2c3c(c(C)c4c2O[C@](C)(C2CCC(N(C)C)CC2)O4)C(=O)N(CC2C(=O)NC(C)CC2C)CC3)o1. The standard InChI is InChI=1S/C33H45N3O5/c1-18-16-19(2)34-31(37)25(18)17-36-15-14-24-27(32(36)38)21(4)29-30(28(24)26-13-8-20(3)39-26)41-33(5,40-29)22-9-11-23(12-10-22)35(6)7/h8,13,18-19,22-23,25H,9-12,14-17H2,1-7H3,(H,34,37)/t18?,19?,22?,23?,25?,33-/m1/s1. The molecule has 1 aromatic carbocycles. The van der Waals surface area contributed by atoms with E-state index in [4.69, 9.17) is 13.9 Å². The van der Waals surface area contributed by atoms with Crippen molar-refractivity contribution < 1.29 is 23.5 Å². The van der Waals surface area contributed by atoms with Crippen LogP contribution in [0.15, 0.2) is 16.5 Å². The summed E-state index contributed by atoms with van der Waals surface area (Å²) in [6.07, 6.45) is 5.84. The zero-order valence-electron chi connectivity index (χ0n) is 25.6. The van der Waals surface area contributed by atoms with E-state index in [0.29, 0.717) is 48.4 Å². The number of rotatable bonds is 5. The van der Waals surface area contributed by atoms with Gasteiger partial charge in [0.1, 0.15) is 11.5 Å². The molecule has 4 aliphatic rings. The highest BCUT2D eigenvalue weighted by Gasteiger charge is 2.49. The first-order valence-electron chi connectivity index (χ1n) is 15.4. The molecular formula is C33H45N3O5. The highest BCUT2D eigenvalue weighted by Crippen LogP contribution is 2.55. The lowest BCUT2D eigenvalue weighted by Crippen LogP contribution is -2.52. The summed E-state index contributed by atoms with van der Waals surface area (Å²) in [6.45, 7) is 11.1. The third-order valence-corrected chi connectivity index (χ3v) is 10.2. The number of fused-ring (bicyclic) bond motifs is 2. The zero-order valence-corrected chi connectivity index (χ0v) is 25.6. The van der Waals surface area contributed by atoms with Crippen molar-refractivity contribution in [3.63, 3.8) is 0 Å². The first-order valence-corrected chi connectivity index (χ1v) is 15.4. The zero-order chi connectivity index (χ0) is 29.2. The van der Waals surface area contributed by atoms with Crippen LogP contribution < -0.4 is 14.8 Å². The molecule has 2 aromatic rings. The monoisotopic (exact) mass is 563 g/mol. The van der Waals surface area contributed by atoms with Gasteiger partial charge >= 0.3 is 0 Å². The van der Waals surface area contributed by atoms with Gasteiger partial charge in [0.05, 0.1) is 17.0 Å². The quantitative estimate of drug-likeness (QED) is 0.530. The lowest BCUT2D eigenvalue weighted by molar-refractivity contribution is -0.130. The summed E-state index contributed by atoms with van der Waals surface area (Å²) in [5, 5.41) is 3.08. The average Bonchev–Trinajstić information content (AvgIpc) is 3.51. The predicted octanol–water partition coefficient (Wildman–Crippen LogP) is 5.33. The largest absolute Gasteiger partial charge is 0.461 e. The summed E-state index contributed by atoms with van der Waals surface area (Å²) in [7, 11) is 4.30. The fourth-order valence-corrected chi connectivity index (χ4v) is 7.75. The minimum atomic E-state index is -0.806. The van der Waals surface area contributed by atoms with Crippen molar-refractivity contribution in [2.24, 2.45) is 17.8 Å². The van der Waals surface area contributed by atoms with Crippen molar-refractivity contribution in [3.05, 3.63) is 34.6 Å². The van der Waals surface area contributed by atoms with E-state index < -0.39 is 5.79 Å². The molecule has 1 saturated heterocycles. The summed E-state index contributed by atoms with van der Waals surface area (Å²) < 4.78 is 19.7. The van der Waals surface area contributed by atoms with Gasteiger partial charge in [0.15, 0.2) is 11.5 Å². The van der Waals surface area contributed by atoms with Crippen LogP contribution >= 0.6 is 0 Å². The molecule has 1 aliphatic carbocycles. The third-order valence-electron chi connectivity index (χ3n) is 10.2. The number of nitrogens with zero attached hydrogens (tertiary/aromatic N) is 2. The van der Waals surface area contributed by atoms with Gasteiger partial charge in [-0.1, -0.05) is 6.92 Å². The Morgan fingerprint density at radius 3 is 2.37 bits per heavy atom. The number of nitrogens with one attached hydrogen (secondary N) is 1. The van der Waals surface area contributed by atoms with E-state index in [1.807, 2.05) is 37.8 Å². The van der Waals surface area contributed by atoms with Gasteiger partial charge in [-0.15, -0.1) is 0 Å². The normalized spacial score (nSPS) is 31.4. The van der Waals surface area contributed by atoms with Crippen LogP contribution in [0.3, 0.4) is 0 Å². The van der Waals surface area contributed by atoms with Gasteiger partial charge in [-0.3, -0.25) is 9.59 Å². The molecule has 3 aliphatic heterocycles. The fourth-order valence-electron chi connectivity index (χ4n) is 7.75. The van der Waals surface area contributed by atoms with Crippen LogP contribution in [0.1, 0.15) is 80.1 Å². The summed E-state index contributed by atoms with van der Waals surface area (Å²) >= 11 is 0. The molecule has 4 heterocycles. The lowest BCUT2D eigenvalue weighted by Gasteiger charge is -2.39. The van der Waals surface area contributed by atoms with E-state index >= 15 is 0 Å². The van der Waals surface area contributed by atoms with E-state index in [9.17, 15) is 9.59 Å². The number of ether oxygens (including phenoxy) is 2. The molecule has 41 heavy (non-hydrogen) atoms. The maximum Gasteiger partial charge on any atom is 0.254 e. The molecule has 3 unspecified atom stereocenters. The molecule has 4 atom stereocenters. The number of carbonyl (C=O) groups is 2. The van der Waals surface area contributed by atoms with Crippen LogP contribution in [-0.2, 0) is 11.2 Å². The average molecular weight is 564 g/mol. The number of carbonyl (C=O) groups excluding carboxylic acids is 2. The highest BCUT2D eigenvalue weighted by atomic mass is 16.7. The number of amides is 2. The van der Waals surface area contributed by atoms with E-state index in [1.54, 1.807) is 0 Å². The molecule has 222 valence electrons. The highest BCUT2D eigenvalue weighted by molar-refractivity contribution is 6.02. The van der Waals surface area contributed by atoms with E-state index in [2.05, 4.69) is 38.2 Å². The van der Waals surface area contributed by atoms with Gasteiger partial charge in [-0.05, 0) is 97.0 Å². The van der Waals surface area contributed by atoms with E-state index in [0.717, 1.165) is 54.6 Å². The Hall–Kier alpha value is -3.00. The first kappa shape index (κ1) is 28.1. The maximum atomic E-state index is 14.2. The second-order valence-corrected chi connectivity index (χ2v) is 13.3. The van der Waals surface area contributed by atoms with Gasteiger partial charge in [0.2, 0.25) is 5.91 Å². The Morgan fingerprint density at radius 2 is 1.73 bits per heavy atom. The predicted molar refractivity (Wildman–Crippen MR) is 157 cm³/mol. The molecule has 2 amide bonds. The molecule has 6 rings (SSSR count). The first-order chi connectivity index (χ1) is 19.5. The fraction of sp³-hybridized carbons (Fsp3) is 0.636. The molecule has 0 spiro atoms. The van der Waals surface area contributed by atoms with Crippen LogP contribution in [0.5, 0.6) is 11.5 Å². The van der Waals surface area contributed by atoms with Crippen LogP contribution in [0.4, 0.5) is 0 Å². The number of aryl methyl sites for hydroxylation is 1. The maximum absolute atomic E-state index is 14.2. The summed E-state index contributed by atoms with van der Waals surface area (Å²) in [6, 6.07) is 4.66. The Balaban J connectivity index is 1.36. The Kier molecular flexibility index (Phi) is 7.12. The Bertz CT molecular complexity index is 1360. The minimum Gasteiger partial charge on any atom is -0.461 e. The molecular weight excluding hydrogens is 518 g/mol. The van der Waals surface area contributed by atoms with E-state index in [1.165, 1.54) is 0 Å². The van der Waals surface area contributed by atoms with Crippen LogP contribution in [0.2, 0.25) is 0 Å². The van der Waals surface area contributed by atoms with Crippen molar-refractivity contribution in [1.82, 2.24) is 15.1 Å². The molecule has 1 N–H and O–H groups in total. The molecule has 0 radical (unpaired) electrons. The summed E-state index contributed by atoms with van der Waals surface area (Å²) in [4.78, 5) is 31.3. The molecule has 1 saturated carbocycles. The van der Waals surface area contributed by atoms with Crippen LogP contribution in [0.25, 0.3) is 11.3 Å². The number of benzene rings is 1. The molecule has 0 bridgehead atoms. The number of furan rings is 1. The van der Waals surface area contributed by atoms with Crippen molar-refractivity contribution in [3.8, 4) is 22.8 Å². The van der Waals surface area contributed by atoms with Gasteiger partial charge < -0.3 is 29.0 Å². The van der Waals surface area contributed by atoms with Crippen molar-refractivity contribution in [2.75, 3.05) is 27.2 Å². The topological polar surface area (TPSA) is 84.2 Å². The minimum absolute atomic E-state index is 0.0432. The lowest BCUT2D eigenvalue weighted by atomic mass is 9.81. The number of piperidine rings is 1. The molecule has 2 fully saturated rings. The van der Waals surface area contributed by atoms with Crippen molar-refractivity contribution >= 4 is 11.8 Å². The molecule has 1 aromatic heterocycles. The Labute approximate surface area is 243 Å². The van der Waals surface area contributed by atoms with Gasteiger partial charge in [0, 0.05) is 43.6 Å². The van der Waals surface area contributed by atoms with Crippen LogP contribution in [-0.4, -0.2) is 66.7 Å². The second-order valence-electron chi connectivity index (χ2n) is 13.3. The van der Waals surface area contributed by atoms with Gasteiger partial charge in [0.25, 0.3) is 11.7 Å². The van der Waals surface area contributed by atoms with Crippen molar-refractivity contribution in [1.29, 1.82) is 0 Å². The molecule has 8 nitrogen and oxygen atoms in total. The second kappa shape index (κ2) is 10.4. The Morgan fingerprint density at radius 1 is 1.02 bits per heavy atom.